The number of para-hydroxylation sites is 1. The lowest BCUT2D eigenvalue weighted by Crippen LogP contribution is -2.26. The third-order valence-corrected chi connectivity index (χ3v) is 4.91. The predicted molar refractivity (Wildman–Crippen MR) is 111 cm³/mol. The lowest BCUT2D eigenvalue weighted by Gasteiger charge is -2.13. The van der Waals surface area contributed by atoms with E-state index < -0.39 is 0 Å². The largest absolute Gasteiger partial charge is 0.496 e. The van der Waals surface area contributed by atoms with Crippen molar-refractivity contribution >= 4 is 11.7 Å². The molecule has 0 spiro atoms. The number of aromatic nitrogens is 2. The van der Waals surface area contributed by atoms with Crippen molar-refractivity contribution in [2.24, 2.45) is 0 Å². The second-order valence-electron chi connectivity index (χ2n) is 6.89. The molecule has 2 N–H and O–H groups in total. The molecule has 28 heavy (non-hydrogen) atoms. The van der Waals surface area contributed by atoms with E-state index in [-0.39, 0.29) is 5.91 Å². The third kappa shape index (κ3) is 5.81. The summed E-state index contributed by atoms with van der Waals surface area (Å²) < 4.78 is 5.34. The molecule has 1 aromatic carbocycles. The molecule has 0 radical (unpaired) electrons. The smallest absolute Gasteiger partial charge is 0.270 e. The van der Waals surface area contributed by atoms with Crippen LogP contribution in [0.3, 0.4) is 0 Å². The third-order valence-electron chi connectivity index (χ3n) is 4.91. The molecule has 0 atom stereocenters. The van der Waals surface area contributed by atoms with Crippen LogP contribution in [0.15, 0.2) is 48.3 Å². The number of allylic oxidation sites excluding steroid dienone is 1. The van der Waals surface area contributed by atoms with E-state index in [9.17, 15) is 4.79 Å². The van der Waals surface area contributed by atoms with Gasteiger partial charge in [0, 0.05) is 19.2 Å². The van der Waals surface area contributed by atoms with Crippen LogP contribution in [-0.4, -0.2) is 36.1 Å². The summed E-state index contributed by atoms with van der Waals surface area (Å²) in [6.07, 6.45) is 10.5. The number of hydrogen-bond acceptors (Lipinski definition) is 5. The Balaban J connectivity index is 1.47. The second-order valence-corrected chi connectivity index (χ2v) is 6.89. The Bertz CT molecular complexity index is 820. The minimum absolute atomic E-state index is 0.199. The Morgan fingerprint density at radius 3 is 2.86 bits per heavy atom. The van der Waals surface area contributed by atoms with Crippen molar-refractivity contribution in [3.8, 4) is 5.75 Å². The molecule has 0 fully saturated rings. The molecule has 6 heteroatoms. The van der Waals surface area contributed by atoms with E-state index in [1.54, 1.807) is 13.2 Å². The highest BCUT2D eigenvalue weighted by molar-refractivity contribution is 5.92. The van der Waals surface area contributed by atoms with Crippen molar-refractivity contribution in [2.45, 2.75) is 38.5 Å². The van der Waals surface area contributed by atoms with Crippen molar-refractivity contribution < 1.29 is 9.53 Å². The lowest BCUT2D eigenvalue weighted by molar-refractivity contribution is 0.0949. The summed E-state index contributed by atoms with van der Waals surface area (Å²) in [5.41, 5.74) is 2.95. The van der Waals surface area contributed by atoms with Crippen LogP contribution in [0.25, 0.3) is 0 Å². The van der Waals surface area contributed by atoms with Crippen molar-refractivity contribution in [3.05, 3.63) is 59.6 Å². The highest BCUT2D eigenvalue weighted by Gasteiger charge is 2.10. The fourth-order valence-corrected chi connectivity index (χ4v) is 3.37. The minimum atomic E-state index is -0.199. The summed E-state index contributed by atoms with van der Waals surface area (Å²) in [6, 6.07) is 9.52. The van der Waals surface area contributed by atoms with Crippen molar-refractivity contribution in [2.75, 3.05) is 25.5 Å². The predicted octanol–water partition coefficient (Wildman–Crippen LogP) is 3.76. The van der Waals surface area contributed by atoms with Gasteiger partial charge in [0.2, 0.25) is 0 Å². The van der Waals surface area contributed by atoms with Gasteiger partial charge in [-0.25, -0.2) is 9.97 Å². The summed E-state index contributed by atoms with van der Waals surface area (Å²) in [5.74, 6) is 1.31. The molecular weight excluding hydrogens is 352 g/mol. The average Bonchev–Trinajstić information content (AvgIpc) is 2.75. The summed E-state index contributed by atoms with van der Waals surface area (Å²) >= 11 is 0. The molecule has 0 aliphatic heterocycles. The molecule has 0 bridgehead atoms. The highest BCUT2D eigenvalue weighted by atomic mass is 16.5. The van der Waals surface area contributed by atoms with Gasteiger partial charge in [-0.05, 0) is 50.2 Å². The van der Waals surface area contributed by atoms with Gasteiger partial charge >= 0.3 is 0 Å². The van der Waals surface area contributed by atoms with Gasteiger partial charge in [-0.15, -0.1) is 0 Å². The van der Waals surface area contributed by atoms with Crippen molar-refractivity contribution in [3.63, 3.8) is 0 Å². The lowest BCUT2D eigenvalue weighted by atomic mass is 9.97. The summed E-state index contributed by atoms with van der Waals surface area (Å²) in [7, 11) is 1.65. The van der Waals surface area contributed by atoms with Gasteiger partial charge in [0.1, 0.15) is 23.6 Å². The van der Waals surface area contributed by atoms with E-state index in [1.165, 1.54) is 37.6 Å². The monoisotopic (exact) mass is 380 g/mol. The fourth-order valence-electron chi connectivity index (χ4n) is 3.37. The number of rotatable bonds is 9. The molecule has 0 unspecified atom stereocenters. The van der Waals surface area contributed by atoms with Crippen LogP contribution in [0.2, 0.25) is 0 Å². The van der Waals surface area contributed by atoms with E-state index >= 15 is 0 Å². The van der Waals surface area contributed by atoms with Crippen LogP contribution >= 0.6 is 0 Å². The molecule has 0 saturated heterocycles. The zero-order chi connectivity index (χ0) is 19.6. The van der Waals surface area contributed by atoms with Crippen LogP contribution in [0.4, 0.5) is 5.82 Å². The fraction of sp³-hybridized carbons (Fsp3) is 0.409. The number of carbonyl (C=O) groups excluding carboxylic acids is 1. The first-order valence-corrected chi connectivity index (χ1v) is 9.90. The molecule has 1 aliphatic carbocycles. The van der Waals surface area contributed by atoms with Crippen LogP contribution in [0, 0.1) is 0 Å². The first kappa shape index (κ1) is 19.9. The Morgan fingerprint density at radius 1 is 1.14 bits per heavy atom. The molecular formula is C22H28N4O2. The van der Waals surface area contributed by atoms with Gasteiger partial charge in [-0.2, -0.15) is 0 Å². The first-order chi connectivity index (χ1) is 13.8. The summed E-state index contributed by atoms with van der Waals surface area (Å²) in [4.78, 5) is 20.7. The van der Waals surface area contributed by atoms with Crippen LogP contribution in [-0.2, 0) is 6.42 Å². The molecule has 1 aromatic heterocycles. The van der Waals surface area contributed by atoms with Crippen molar-refractivity contribution in [1.29, 1.82) is 0 Å². The quantitative estimate of drug-likeness (QED) is 0.648. The zero-order valence-electron chi connectivity index (χ0n) is 16.4. The van der Waals surface area contributed by atoms with Crippen LogP contribution < -0.4 is 15.4 Å². The second kappa shape index (κ2) is 10.4. The van der Waals surface area contributed by atoms with E-state index in [4.69, 9.17) is 4.74 Å². The molecule has 0 saturated carbocycles. The van der Waals surface area contributed by atoms with Gasteiger partial charge in [0.05, 0.1) is 7.11 Å². The number of amides is 1. The number of benzene rings is 1. The average molecular weight is 380 g/mol. The molecule has 2 aromatic rings. The molecule has 6 nitrogen and oxygen atoms in total. The molecule has 1 heterocycles. The van der Waals surface area contributed by atoms with Crippen LogP contribution in [0.1, 0.15) is 48.2 Å². The molecule has 148 valence electrons. The number of nitrogens with zero attached hydrogens (tertiary/aromatic N) is 2. The topological polar surface area (TPSA) is 76.1 Å². The first-order valence-electron chi connectivity index (χ1n) is 9.90. The van der Waals surface area contributed by atoms with Gasteiger partial charge in [-0.1, -0.05) is 29.8 Å². The Morgan fingerprint density at radius 2 is 2.04 bits per heavy atom. The molecule has 1 aliphatic rings. The van der Waals surface area contributed by atoms with Crippen LogP contribution in [0.5, 0.6) is 5.75 Å². The number of anilines is 1. The number of hydrogen-bond donors (Lipinski definition) is 2. The summed E-state index contributed by atoms with van der Waals surface area (Å²) in [6.45, 7) is 1.33. The van der Waals surface area contributed by atoms with E-state index in [1.807, 2.05) is 24.3 Å². The maximum atomic E-state index is 12.4. The summed E-state index contributed by atoms with van der Waals surface area (Å²) in [5, 5.41) is 6.21. The van der Waals surface area contributed by atoms with Crippen molar-refractivity contribution in [1.82, 2.24) is 15.3 Å². The zero-order valence-corrected chi connectivity index (χ0v) is 16.4. The number of ether oxygens (including phenoxy) is 1. The Labute approximate surface area is 166 Å². The number of nitrogens with one attached hydrogen (secondary N) is 2. The Hall–Kier alpha value is -2.89. The minimum Gasteiger partial charge on any atom is -0.496 e. The SMILES string of the molecule is COc1ccccc1CCNC(=O)c1cc(NCCC2=CCCCC2)ncn1. The maximum absolute atomic E-state index is 12.4. The maximum Gasteiger partial charge on any atom is 0.270 e. The normalized spacial score (nSPS) is 13.5. The standard InChI is InChI=1S/C22H28N4O2/c1-28-20-10-6-5-9-18(20)12-14-24-22(27)19-15-21(26-16-25-19)23-13-11-17-7-3-2-4-8-17/h5-7,9-10,15-16H,2-4,8,11-14H2,1H3,(H,24,27)(H,23,25,26). The van der Waals surface area contributed by atoms with Gasteiger partial charge in [0.15, 0.2) is 0 Å². The molecule has 1 amide bonds. The van der Waals surface area contributed by atoms with E-state index in [0.717, 1.165) is 24.3 Å². The van der Waals surface area contributed by atoms with Gasteiger partial charge in [-0.3, -0.25) is 4.79 Å². The van der Waals surface area contributed by atoms with E-state index in [0.29, 0.717) is 24.5 Å². The number of carbonyl (C=O) groups is 1. The van der Waals surface area contributed by atoms with E-state index in [2.05, 4.69) is 26.7 Å². The van der Waals surface area contributed by atoms with Gasteiger partial charge < -0.3 is 15.4 Å². The van der Waals surface area contributed by atoms with Gasteiger partial charge in [0.25, 0.3) is 5.91 Å². The molecule has 3 rings (SSSR count). The number of methoxy groups -OCH3 is 1. The Kier molecular flexibility index (Phi) is 7.41. The highest BCUT2D eigenvalue weighted by Crippen LogP contribution is 2.20.